The normalized spacial score (nSPS) is 16.1. The third-order valence-corrected chi connectivity index (χ3v) is 11.0. The van der Waals surface area contributed by atoms with E-state index in [-0.39, 0.29) is 11.8 Å². The molecule has 2 aliphatic heterocycles. The van der Waals surface area contributed by atoms with Crippen LogP contribution in [0.3, 0.4) is 0 Å². The number of aldehydes is 1. The van der Waals surface area contributed by atoms with Crippen molar-refractivity contribution in [2.75, 3.05) is 13.1 Å². The van der Waals surface area contributed by atoms with Gasteiger partial charge in [0, 0.05) is 22.4 Å². The Labute approximate surface area is 286 Å². The number of unbranched alkanes of at least 4 members (excludes halogenated alkanes) is 2. The first-order valence-electron chi connectivity index (χ1n) is 16.9. The first kappa shape index (κ1) is 34.1. The van der Waals surface area contributed by atoms with Crippen molar-refractivity contribution >= 4 is 56.8 Å². The van der Waals surface area contributed by atoms with Gasteiger partial charge in [-0.1, -0.05) is 119 Å². The molecule has 3 heterocycles. The smallest absolute Gasteiger partial charge is 0.261 e. The third kappa shape index (κ3) is 7.01. The van der Waals surface area contributed by atoms with Gasteiger partial charge in [-0.2, -0.15) is 0 Å². The molecule has 0 saturated carbocycles. The standard InChI is InChI=1S/C39H45BrN2O3S/c1-5-9-11-26(7-3)23-41-36(29-15-13-28(14-16-29)33-22-21-32(25-43)46-33)34-35(39(41)45)37(30-17-19-31(40)20-18-30)42(38(34)44)24-27(8-4)12-10-6-2/h13-22,25-27H,5-12,23-24H2,1-4H3. The minimum atomic E-state index is -0.0757. The van der Waals surface area contributed by atoms with Gasteiger partial charge in [-0.15, -0.1) is 11.3 Å². The zero-order valence-electron chi connectivity index (χ0n) is 27.5. The number of carbonyl (C=O) groups is 3. The summed E-state index contributed by atoms with van der Waals surface area (Å²) in [6.07, 6.45) is 9.37. The van der Waals surface area contributed by atoms with E-state index < -0.39 is 0 Å². The van der Waals surface area contributed by atoms with E-state index in [9.17, 15) is 14.4 Å². The van der Waals surface area contributed by atoms with Crippen LogP contribution in [0.4, 0.5) is 0 Å². The number of hydrogen-bond acceptors (Lipinski definition) is 4. The topological polar surface area (TPSA) is 57.7 Å². The molecule has 0 N–H and O–H groups in total. The van der Waals surface area contributed by atoms with Crippen molar-refractivity contribution in [3.05, 3.63) is 92.3 Å². The van der Waals surface area contributed by atoms with Crippen LogP contribution in [0.5, 0.6) is 0 Å². The van der Waals surface area contributed by atoms with E-state index in [1.54, 1.807) is 0 Å². The highest BCUT2D eigenvalue weighted by molar-refractivity contribution is 9.10. The summed E-state index contributed by atoms with van der Waals surface area (Å²) in [5.41, 5.74) is 5.30. The maximum atomic E-state index is 14.7. The van der Waals surface area contributed by atoms with Gasteiger partial charge in [-0.25, -0.2) is 0 Å². The number of benzene rings is 2. The van der Waals surface area contributed by atoms with Crippen molar-refractivity contribution in [2.24, 2.45) is 11.8 Å². The summed E-state index contributed by atoms with van der Waals surface area (Å²) in [5, 5.41) is 0. The van der Waals surface area contributed by atoms with Crippen molar-refractivity contribution in [3.8, 4) is 10.4 Å². The molecule has 1 aromatic heterocycles. The number of halogens is 1. The molecule has 0 bridgehead atoms. The first-order valence-corrected chi connectivity index (χ1v) is 18.5. The summed E-state index contributed by atoms with van der Waals surface area (Å²) in [7, 11) is 0. The Hall–Kier alpha value is -3.29. The van der Waals surface area contributed by atoms with Crippen molar-refractivity contribution in [2.45, 2.75) is 79.1 Å². The molecule has 2 aromatic carbocycles. The third-order valence-electron chi connectivity index (χ3n) is 9.45. The van der Waals surface area contributed by atoms with Gasteiger partial charge in [0.15, 0.2) is 6.29 Å². The van der Waals surface area contributed by atoms with Crippen LogP contribution in [0.1, 0.15) is 99.9 Å². The number of thiophene rings is 1. The highest BCUT2D eigenvalue weighted by Crippen LogP contribution is 2.48. The van der Waals surface area contributed by atoms with Crippen molar-refractivity contribution in [1.82, 2.24) is 9.80 Å². The summed E-state index contributed by atoms with van der Waals surface area (Å²) in [6.45, 7) is 9.97. The minimum Gasteiger partial charge on any atom is -0.307 e. The lowest BCUT2D eigenvalue weighted by Gasteiger charge is -2.29. The SMILES string of the molecule is CCCCC(CC)CN1C(=O)C2=C(c3ccc(-c4ccc(C=O)s4)cc3)N(CC(CC)CCCC)C(=O)C2=C1c1ccc(Br)cc1. The van der Waals surface area contributed by atoms with Gasteiger partial charge >= 0.3 is 0 Å². The fraction of sp³-hybridized carbons (Fsp3) is 0.410. The summed E-state index contributed by atoms with van der Waals surface area (Å²) < 4.78 is 0.954. The molecule has 0 fully saturated rings. The molecule has 5 nitrogen and oxygen atoms in total. The molecule has 0 radical (unpaired) electrons. The fourth-order valence-corrected chi connectivity index (χ4v) is 7.76. The van der Waals surface area contributed by atoms with Crippen LogP contribution in [0.2, 0.25) is 0 Å². The summed E-state index contributed by atoms with van der Waals surface area (Å²) >= 11 is 5.02. The minimum absolute atomic E-state index is 0.0757. The van der Waals surface area contributed by atoms with Crippen LogP contribution in [0.15, 0.2) is 76.3 Å². The summed E-state index contributed by atoms with van der Waals surface area (Å²) in [5.74, 6) is 0.539. The quantitative estimate of drug-likeness (QED) is 0.140. The predicted molar refractivity (Wildman–Crippen MR) is 193 cm³/mol. The van der Waals surface area contributed by atoms with Crippen molar-refractivity contribution in [1.29, 1.82) is 0 Å². The maximum Gasteiger partial charge on any atom is 0.261 e. The number of amides is 2. The molecule has 46 heavy (non-hydrogen) atoms. The Bertz CT molecular complexity index is 1620. The van der Waals surface area contributed by atoms with Crippen LogP contribution >= 0.6 is 27.3 Å². The second kappa shape index (κ2) is 15.5. The van der Waals surface area contributed by atoms with E-state index in [1.807, 2.05) is 70.5 Å². The Morgan fingerprint density at radius 2 is 1.13 bits per heavy atom. The van der Waals surface area contributed by atoms with Gasteiger partial charge in [-0.3, -0.25) is 14.4 Å². The van der Waals surface area contributed by atoms with Crippen LogP contribution in [0, 0.1) is 11.8 Å². The second-order valence-electron chi connectivity index (χ2n) is 12.5. The lowest BCUT2D eigenvalue weighted by Crippen LogP contribution is -2.34. The van der Waals surface area contributed by atoms with E-state index in [2.05, 4.69) is 43.6 Å². The monoisotopic (exact) mass is 700 g/mol. The average molecular weight is 702 g/mol. The molecule has 3 aromatic rings. The van der Waals surface area contributed by atoms with Gasteiger partial charge in [-0.05, 0) is 65.6 Å². The van der Waals surface area contributed by atoms with Crippen LogP contribution < -0.4 is 0 Å². The van der Waals surface area contributed by atoms with Gasteiger partial charge in [0.1, 0.15) is 0 Å². The largest absolute Gasteiger partial charge is 0.307 e. The highest BCUT2D eigenvalue weighted by Gasteiger charge is 2.49. The zero-order chi connectivity index (χ0) is 32.8. The lowest BCUT2D eigenvalue weighted by molar-refractivity contribution is -0.124. The summed E-state index contributed by atoms with van der Waals surface area (Å²) in [6, 6.07) is 19.9. The lowest BCUT2D eigenvalue weighted by atomic mass is 9.97. The van der Waals surface area contributed by atoms with Crippen molar-refractivity contribution in [3.63, 3.8) is 0 Å². The molecule has 5 rings (SSSR count). The second-order valence-corrected chi connectivity index (χ2v) is 14.5. The average Bonchev–Trinajstić information content (AvgIpc) is 3.75. The Kier molecular flexibility index (Phi) is 11.5. The number of nitrogens with zero attached hydrogens (tertiary/aromatic N) is 2. The Balaban J connectivity index is 1.66. The van der Waals surface area contributed by atoms with E-state index in [0.717, 1.165) is 95.1 Å². The highest BCUT2D eigenvalue weighted by atomic mass is 79.9. The summed E-state index contributed by atoms with van der Waals surface area (Å²) in [4.78, 5) is 46.2. The van der Waals surface area contributed by atoms with Crippen LogP contribution in [0.25, 0.3) is 21.8 Å². The molecule has 2 aliphatic rings. The Morgan fingerprint density at radius 3 is 1.54 bits per heavy atom. The van der Waals surface area contributed by atoms with Crippen molar-refractivity contribution < 1.29 is 14.4 Å². The molecule has 2 amide bonds. The predicted octanol–water partition coefficient (Wildman–Crippen LogP) is 10.2. The molecule has 0 spiro atoms. The van der Waals surface area contributed by atoms with E-state index >= 15 is 0 Å². The van der Waals surface area contributed by atoms with E-state index in [4.69, 9.17) is 0 Å². The van der Waals surface area contributed by atoms with Gasteiger partial charge in [0.2, 0.25) is 0 Å². The molecule has 2 atom stereocenters. The first-order chi connectivity index (χ1) is 22.3. The number of rotatable bonds is 16. The molecule has 2 unspecified atom stereocenters. The van der Waals surface area contributed by atoms with Gasteiger partial charge in [0.25, 0.3) is 11.8 Å². The molecular formula is C39H45BrN2O3S. The molecule has 0 saturated heterocycles. The fourth-order valence-electron chi connectivity index (χ4n) is 6.67. The zero-order valence-corrected chi connectivity index (χ0v) is 29.9. The maximum absolute atomic E-state index is 14.7. The molecule has 242 valence electrons. The molecule has 0 aliphatic carbocycles. The number of hydrogen-bond donors (Lipinski definition) is 0. The van der Waals surface area contributed by atoms with Crippen LogP contribution in [-0.2, 0) is 9.59 Å². The van der Waals surface area contributed by atoms with Gasteiger partial charge in [0.05, 0.1) is 27.4 Å². The Morgan fingerprint density at radius 1 is 0.674 bits per heavy atom. The van der Waals surface area contributed by atoms with E-state index in [1.165, 1.54) is 11.3 Å². The van der Waals surface area contributed by atoms with Crippen LogP contribution in [-0.4, -0.2) is 41.0 Å². The molecular weight excluding hydrogens is 656 g/mol. The number of carbonyl (C=O) groups excluding carboxylic acids is 3. The molecule has 7 heteroatoms. The van der Waals surface area contributed by atoms with Gasteiger partial charge < -0.3 is 9.80 Å². The number of fused-ring (bicyclic) bond motifs is 1. The van der Waals surface area contributed by atoms with E-state index in [0.29, 0.717) is 40.9 Å².